The molecule has 0 saturated heterocycles. The number of ketones is 1. The number of halogens is 1. The zero-order chi connectivity index (χ0) is 14.7. The maximum atomic E-state index is 12.0. The highest BCUT2D eigenvalue weighted by atomic mass is 79.9. The Balaban J connectivity index is 2.19. The van der Waals surface area contributed by atoms with Gasteiger partial charge in [0.2, 0.25) is 0 Å². The van der Waals surface area contributed by atoms with E-state index in [9.17, 15) is 14.9 Å². The number of nitriles is 1. The van der Waals surface area contributed by atoms with E-state index in [1.807, 2.05) is 6.07 Å². The molecule has 1 aromatic carbocycles. The second-order valence-electron chi connectivity index (χ2n) is 3.71. The van der Waals surface area contributed by atoms with E-state index in [-0.39, 0.29) is 17.1 Å². The van der Waals surface area contributed by atoms with E-state index in [0.29, 0.717) is 11.1 Å². The summed E-state index contributed by atoms with van der Waals surface area (Å²) in [6.07, 6.45) is 0. The Morgan fingerprint density at radius 3 is 2.60 bits per heavy atom. The van der Waals surface area contributed by atoms with Gasteiger partial charge < -0.3 is 10.1 Å². The Morgan fingerprint density at radius 1 is 1.45 bits per heavy atom. The van der Waals surface area contributed by atoms with Crippen molar-refractivity contribution in [3.63, 3.8) is 0 Å². The van der Waals surface area contributed by atoms with E-state index in [4.69, 9.17) is 5.26 Å². The first-order valence-corrected chi connectivity index (χ1v) is 6.08. The van der Waals surface area contributed by atoms with Gasteiger partial charge in [-0.25, -0.2) is 0 Å². The summed E-state index contributed by atoms with van der Waals surface area (Å²) in [6, 6.07) is 8.01. The molecule has 0 aliphatic heterocycles. The average Bonchev–Trinajstić information content (AvgIpc) is 2.80. The first kappa shape index (κ1) is 13.8. The maximum absolute atomic E-state index is 12.0. The van der Waals surface area contributed by atoms with Crippen LogP contribution in [0.1, 0.15) is 15.9 Å². The minimum Gasteiger partial charge on any atom is -0.390 e. The smallest absolute Gasteiger partial charge is 0.390 e. The van der Waals surface area contributed by atoms with Gasteiger partial charge in [-0.1, -0.05) is 12.1 Å². The summed E-state index contributed by atoms with van der Waals surface area (Å²) in [4.78, 5) is 25.3. The van der Waals surface area contributed by atoms with E-state index in [0.717, 1.165) is 4.68 Å². The number of hydrogen-bond donors (Lipinski definition) is 0. The maximum Gasteiger partial charge on any atom is 0.492 e. The standard InChI is InChI=1S/C11H6BrN5O3/c12-10-14-11(17(19)20)15-16(10)6-9(18)8-3-1-7(5-13)2-4-8/h1-4H,6H2. The molecule has 2 rings (SSSR count). The van der Waals surface area contributed by atoms with E-state index < -0.39 is 10.9 Å². The van der Waals surface area contributed by atoms with E-state index in [1.54, 1.807) is 0 Å². The highest BCUT2D eigenvalue weighted by Gasteiger charge is 2.21. The Hall–Kier alpha value is -2.60. The molecule has 0 amide bonds. The second kappa shape index (κ2) is 5.58. The molecule has 0 aliphatic carbocycles. The molecule has 0 saturated carbocycles. The van der Waals surface area contributed by atoms with E-state index in [2.05, 4.69) is 26.0 Å². The zero-order valence-electron chi connectivity index (χ0n) is 9.86. The number of rotatable bonds is 4. The van der Waals surface area contributed by atoms with Crippen molar-refractivity contribution in [2.75, 3.05) is 0 Å². The molecular formula is C11H6BrN5O3. The molecule has 0 bridgehead atoms. The van der Waals surface area contributed by atoms with Gasteiger partial charge in [0.15, 0.2) is 5.78 Å². The Morgan fingerprint density at radius 2 is 2.10 bits per heavy atom. The van der Waals surface area contributed by atoms with Crippen molar-refractivity contribution in [2.45, 2.75) is 6.54 Å². The van der Waals surface area contributed by atoms with Gasteiger partial charge in [-0.15, -0.1) is 0 Å². The third-order valence-corrected chi connectivity index (χ3v) is 2.99. The zero-order valence-corrected chi connectivity index (χ0v) is 11.4. The van der Waals surface area contributed by atoms with Crippen molar-refractivity contribution in [2.24, 2.45) is 0 Å². The summed E-state index contributed by atoms with van der Waals surface area (Å²) < 4.78 is 1.20. The van der Waals surface area contributed by atoms with Crippen LogP contribution in [0.3, 0.4) is 0 Å². The van der Waals surface area contributed by atoms with Gasteiger partial charge >= 0.3 is 5.95 Å². The van der Waals surface area contributed by atoms with Gasteiger partial charge in [0.25, 0.3) is 4.73 Å². The van der Waals surface area contributed by atoms with Crippen molar-refractivity contribution in [3.05, 3.63) is 50.2 Å². The lowest BCUT2D eigenvalue weighted by molar-refractivity contribution is -0.394. The van der Waals surface area contributed by atoms with Crippen molar-refractivity contribution < 1.29 is 9.72 Å². The van der Waals surface area contributed by atoms with Crippen LogP contribution >= 0.6 is 15.9 Å². The van der Waals surface area contributed by atoms with Crippen LogP contribution in [0.4, 0.5) is 5.95 Å². The molecule has 0 unspecified atom stereocenters. The molecule has 0 aliphatic rings. The fourth-order valence-corrected chi connectivity index (χ4v) is 1.81. The molecule has 0 fully saturated rings. The fourth-order valence-electron chi connectivity index (χ4n) is 1.45. The molecule has 9 heteroatoms. The quantitative estimate of drug-likeness (QED) is 0.477. The third-order valence-electron chi connectivity index (χ3n) is 2.41. The summed E-state index contributed by atoms with van der Waals surface area (Å²) in [5.74, 6) is -0.875. The van der Waals surface area contributed by atoms with Crippen LogP contribution < -0.4 is 0 Å². The number of hydrogen-bond acceptors (Lipinski definition) is 6. The van der Waals surface area contributed by atoms with Crippen LogP contribution in [-0.4, -0.2) is 25.5 Å². The van der Waals surface area contributed by atoms with E-state index >= 15 is 0 Å². The molecular weight excluding hydrogens is 330 g/mol. The van der Waals surface area contributed by atoms with Crippen molar-refractivity contribution in [1.82, 2.24) is 14.8 Å². The predicted octanol–water partition coefficient (Wildman–Crippen LogP) is 1.70. The number of carbonyl (C=O) groups excluding carboxylic acids is 1. The first-order chi connectivity index (χ1) is 9.51. The second-order valence-corrected chi connectivity index (χ2v) is 4.42. The van der Waals surface area contributed by atoms with Crippen LogP contribution in [0.5, 0.6) is 0 Å². The predicted molar refractivity (Wildman–Crippen MR) is 69.9 cm³/mol. The van der Waals surface area contributed by atoms with Crippen LogP contribution in [0.25, 0.3) is 0 Å². The Kier molecular flexibility index (Phi) is 3.86. The topological polar surface area (TPSA) is 115 Å². The molecule has 0 atom stereocenters. The van der Waals surface area contributed by atoms with Crippen LogP contribution in [0.15, 0.2) is 29.0 Å². The van der Waals surface area contributed by atoms with Crippen LogP contribution in [-0.2, 0) is 6.54 Å². The van der Waals surface area contributed by atoms with Gasteiger partial charge in [-0.3, -0.25) is 4.79 Å². The summed E-state index contributed by atoms with van der Waals surface area (Å²) in [5.41, 5.74) is 0.827. The summed E-state index contributed by atoms with van der Waals surface area (Å²) in [7, 11) is 0. The van der Waals surface area contributed by atoms with Gasteiger partial charge in [0.05, 0.1) is 11.6 Å². The minimum absolute atomic E-state index is 0.103. The summed E-state index contributed by atoms with van der Waals surface area (Å²) >= 11 is 3.00. The first-order valence-electron chi connectivity index (χ1n) is 5.29. The average molecular weight is 336 g/mol. The molecule has 2 aromatic rings. The summed E-state index contributed by atoms with van der Waals surface area (Å²) in [6.45, 7) is -0.187. The van der Waals surface area contributed by atoms with Crippen LogP contribution in [0.2, 0.25) is 0 Å². The lowest BCUT2D eigenvalue weighted by Crippen LogP contribution is -2.12. The van der Waals surface area contributed by atoms with Gasteiger partial charge in [0, 0.05) is 26.6 Å². The molecule has 0 spiro atoms. The number of nitrogens with zero attached hydrogens (tertiary/aromatic N) is 5. The molecule has 0 radical (unpaired) electrons. The van der Waals surface area contributed by atoms with Crippen molar-refractivity contribution >= 4 is 27.7 Å². The molecule has 0 N–H and O–H groups in total. The number of benzene rings is 1. The highest BCUT2D eigenvalue weighted by Crippen LogP contribution is 2.13. The largest absolute Gasteiger partial charge is 0.492 e. The third kappa shape index (κ3) is 2.86. The Bertz CT molecular complexity index is 717. The van der Waals surface area contributed by atoms with Gasteiger partial charge in [0.1, 0.15) is 6.54 Å². The number of Topliss-reactive ketones (excluding diaryl/α,β-unsaturated/α-hetero) is 1. The molecule has 1 heterocycles. The molecule has 8 nitrogen and oxygen atoms in total. The lowest BCUT2D eigenvalue weighted by atomic mass is 10.1. The fraction of sp³-hybridized carbons (Fsp3) is 0.0909. The highest BCUT2D eigenvalue weighted by molar-refractivity contribution is 9.10. The monoisotopic (exact) mass is 335 g/mol. The lowest BCUT2D eigenvalue weighted by Gasteiger charge is -1.99. The molecule has 1 aromatic heterocycles. The SMILES string of the molecule is N#Cc1ccc(C(=O)Cn2nc([N+](=O)[O-])nc2Br)cc1. The number of aromatic nitrogens is 3. The molecule has 100 valence electrons. The summed E-state index contributed by atoms with van der Waals surface area (Å²) in [5, 5.41) is 22.8. The minimum atomic E-state index is -0.743. The molecule has 20 heavy (non-hydrogen) atoms. The van der Waals surface area contributed by atoms with E-state index in [1.165, 1.54) is 24.3 Å². The van der Waals surface area contributed by atoms with Crippen molar-refractivity contribution in [1.29, 1.82) is 5.26 Å². The number of nitro groups is 1. The Labute approximate surface area is 120 Å². The normalized spacial score (nSPS) is 10.0. The van der Waals surface area contributed by atoms with Gasteiger partial charge in [-0.05, 0) is 22.0 Å². The number of carbonyl (C=O) groups is 1. The van der Waals surface area contributed by atoms with Crippen LogP contribution in [0, 0.1) is 21.4 Å². The van der Waals surface area contributed by atoms with Crippen molar-refractivity contribution in [3.8, 4) is 6.07 Å². The van der Waals surface area contributed by atoms with Gasteiger partial charge in [-0.2, -0.15) is 9.94 Å².